The number of sulfonamides is 1. The number of aryl methyl sites for hydroxylation is 2. The lowest BCUT2D eigenvalue weighted by atomic mass is 10.1. The summed E-state index contributed by atoms with van der Waals surface area (Å²) in [5.74, 6) is 0.872. The number of nitrogens with zero attached hydrogens (tertiary/aromatic N) is 2. The van der Waals surface area contributed by atoms with Crippen molar-refractivity contribution in [1.82, 2.24) is 10.1 Å². The summed E-state index contributed by atoms with van der Waals surface area (Å²) in [6, 6.07) is 0. The van der Waals surface area contributed by atoms with Crippen LogP contribution in [0.4, 0.5) is 0 Å². The van der Waals surface area contributed by atoms with Gasteiger partial charge >= 0.3 is 0 Å². The smallest absolute Gasteiger partial charge is 0.212 e. The Labute approximate surface area is 114 Å². The first-order chi connectivity index (χ1) is 8.88. The van der Waals surface area contributed by atoms with Crippen molar-refractivity contribution in [1.29, 1.82) is 0 Å². The SMILES string of the molecule is Cc1noc(C)c1CCN1CCC(S(N)(=O)=O)CC1. The summed E-state index contributed by atoms with van der Waals surface area (Å²) in [6.45, 7) is 6.33. The van der Waals surface area contributed by atoms with E-state index in [1.165, 1.54) is 0 Å². The maximum Gasteiger partial charge on any atom is 0.212 e. The van der Waals surface area contributed by atoms with Gasteiger partial charge in [0, 0.05) is 12.1 Å². The number of hydrogen-bond acceptors (Lipinski definition) is 5. The van der Waals surface area contributed by atoms with Crippen LogP contribution in [0.2, 0.25) is 0 Å². The normalized spacial score (nSPS) is 18.9. The average molecular weight is 287 g/mol. The van der Waals surface area contributed by atoms with Gasteiger partial charge in [0.15, 0.2) is 0 Å². The van der Waals surface area contributed by atoms with Crippen LogP contribution in [0.15, 0.2) is 4.52 Å². The molecule has 2 rings (SSSR count). The third-order valence-corrected chi connectivity index (χ3v) is 5.26. The fourth-order valence-electron chi connectivity index (χ4n) is 2.59. The molecule has 1 aromatic heterocycles. The minimum absolute atomic E-state index is 0.372. The molecule has 0 saturated carbocycles. The number of nitrogens with two attached hydrogens (primary N) is 1. The van der Waals surface area contributed by atoms with E-state index in [4.69, 9.17) is 9.66 Å². The molecule has 1 aromatic rings. The number of piperidine rings is 1. The zero-order valence-corrected chi connectivity index (χ0v) is 12.2. The molecule has 1 saturated heterocycles. The Morgan fingerprint density at radius 1 is 1.37 bits per heavy atom. The molecule has 0 amide bonds. The molecule has 6 nitrogen and oxygen atoms in total. The van der Waals surface area contributed by atoms with E-state index in [9.17, 15) is 8.42 Å². The van der Waals surface area contributed by atoms with E-state index in [2.05, 4.69) is 10.1 Å². The third-order valence-electron chi connectivity index (χ3n) is 3.86. The zero-order valence-electron chi connectivity index (χ0n) is 11.4. The highest BCUT2D eigenvalue weighted by molar-refractivity contribution is 7.89. The largest absolute Gasteiger partial charge is 0.361 e. The van der Waals surface area contributed by atoms with Crippen LogP contribution >= 0.6 is 0 Å². The van der Waals surface area contributed by atoms with Gasteiger partial charge in [0.25, 0.3) is 0 Å². The highest BCUT2D eigenvalue weighted by Crippen LogP contribution is 2.18. The lowest BCUT2D eigenvalue weighted by Crippen LogP contribution is -2.42. The second-order valence-electron chi connectivity index (χ2n) is 5.18. The quantitative estimate of drug-likeness (QED) is 0.875. The molecule has 0 bridgehead atoms. The Hall–Kier alpha value is -0.920. The van der Waals surface area contributed by atoms with Crippen molar-refractivity contribution in [2.45, 2.75) is 38.4 Å². The number of likely N-dealkylation sites (tertiary alicyclic amines) is 1. The first-order valence-electron chi connectivity index (χ1n) is 6.53. The molecule has 0 spiro atoms. The third kappa shape index (κ3) is 3.55. The fourth-order valence-corrected chi connectivity index (χ4v) is 3.46. The van der Waals surface area contributed by atoms with Gasteiger partial charge in [0.1, 0.15) is 5.76 Å². The molecule has 0 unspecified atom stereocenters. The Kier molecular flexibility index (Phi) is 4.27. The lowest BCUT2D eigenvalue weighted by Gasteiger charge is -2.30. The minimum Gasteiger partial charge on any atom is -0.361 e. The van der Waals surface area contributed by atoms with Crippen LogP contribution in [-0.4, -0.2) is 43.4 Å². The second kappa shape index (κ2) is 5.60. The summed E-state index contributed by atoms with van der Waals surface area (Å²) in [6.07, 6.45) is 2.14. The van der Waals surface area contributed by atoms with Crippen molar-refractivity contribution < 1.29 is 12.9 Å². The molecule has 1 fully saturated rings. The number of aromatic nitrogens is 1. The predicted octanol–water partition coefficient (Wildman–Crippen LogP) is 0.587. The van der Waals surface area contributed by atoms with Gasteiger partial charge in [0.2, 0.25) is 10.0 Å². The van der Waals surface area contributed by atoms with Gasteiger partial charge in [-0.15, -0.1) is 0 Å². The Balaban J connectivity index is 1.84. The summed E-state index contributed by atoms with van der Waals surface area (Å²) >= 11 is 0. The Morgan fingerprint density at radius 2 is 2.00 bits per heavy atom. The monoisotopic (exact) mass is 287 g/mol. The Bertz CT molecular complexity index is 511. The van der Waals surface area contributed by atoms with Crippen molar-refractivity contribution in [3.05, 3.63) is 17.0 Å². The van der Waals surface area contributed by atoms with Gasteiger partial charge in [-0.3, -0.25) is 0 Å². The van der Waals surface area contributed by atoms with E-state index < -0.39 is 10.0 Å². The van der Waals surface area contributed by atoms with Gasteiger partial charge in [-0.1, -0.05) is 5.16 Å². The number of primary sulfonamides is 1. The fraction of sp³-hybridized carbons (Fsp3) is 0.750. The maximum atomic E-state index is 11.3. The summed E-state index contributed by atoms with van der Waals surface area (Å²) in [5, 5.41) is 8.74. The molecule has 0 aliphatic carbocycles. The van der Waals surface area contributed by atoms with E-state index >= 15 is 0 Å². The van der Waals surface area contributed by atoms with Gasteiger partial charge in [-0.2, -0.15) is 0 Å². The van der Waals surface area contributed by atoms with Crippen molar-refractivity contribution >= 4 is 10.0 Å². The van der Waals surface area contributed by atoms with Gasteiger partial charge in [-0.25, -0.2) is 13.6 Å². The molecule has 2 N–H and O–H groups in total. The molecule has 108 valence electrons. The highest BCUT2D eigenvalue weighted by atomic mass is 32.2. The highest BCUT2D eigenvalue weighted by Gasteiger charge is 2.27. The van der Waals surface area contributed by atoms with Crippen molar-refractivity contribution in [3.8, 4) is 0 Å². The minimum atomic E-state index is -3.37. The van der Waals surface area contributed by atoms with E-state index in [1.54, 1.807) is 0 Å². The topological polar surface area (TPSA) is 89.4 Å². The molecule has 7 heteroatoms. The molecule has 0 atom stereocenters. The Morgan fingerprint density at radius 3 is 2.47 bits per heavy atom. The van der Waals surface area contributed by atoms with Crippen molar-refractivity contribution in [2.24, 2.45) is 5.14 Å². The first-order valence-corrected chi connectivity index (χ1v) is 8.14. The summed E-state index contributed by atoms with van der Waals surface area (Å²) < 4.78 is 27.7. The second-order valence-corrected chi connectivity index (χ2v) is 7.03. The van der Waals surface area contributed by atoms with Crippen LogP contribution in [0.1, 0.15) is 29.9 Å². The zero-order chi connectivity index (χ0) is 14.0. The molecule has 0 radical (unpaired) electrons. The van der Waals surface area contributed by atoms with E-state index in [-0.39, 0.29) is 5.25 Å². The van der Waals surface area contributed by atoms with Crippen LogP contribution in [0.5, 0.6) is 0 Å². The van der Waals surface area contributed by atoms with Gasteiger partial charge < -0.3 is 9.42 Å². The summed E-state index contributed by atoms with van der Waals surface area (Å²) in [5.41, 5.74) is 2.10. The first kappa shape index (κ1) is 14.5. The molecule has 19 heavy (non-hydrogen) atoms. The van der Waals surface area contributed by atoms with Gasteiger partial charge in [-0.05, 0) is 46.2 Å². The summed E-state index contributed by atoms with van der Waals surface area (Å²) in [4.78, 5) is 2.27. The molecule has 1 aliphatic rings. The number of rotatable bonds is 4. The van der Waals surface area contributed by atoms with Crippen LogP contribution < -0.4 is 5.14 Å². The van der Waals surface area contributed by atoms with Crippen LogP contribution in [-0.2, 0) is 16.4 Å². The number of hydrogen-bond donors (Lipinski definition) is 1. The average Bonchev–Trinajstić information content (AvgIpc) is 2.66. The predicted molar refractivity (Wildman–Crippen MR) is 72.3 cm³/mol. The van der Waals surface area contributed by atoms with Gasteiger partial charge in [0.05, 0.1) is 10.9 Å². The van der Waals surface area contributed by atoms with Crippen LogP contribution in [0, 0.1) is 13.8 Å². The van der Waals surface area contributed by atoms with Crippen molar-refractivity contribution in [3.63, 3.8) is 0 Å². The van der Waals surface area contributed by atoms with E-state index in [0.717, 1.165) is 43.1 Å². The van der Waals surface area contributed by atoms with E-state index in [0.29, 0.717) is 12.8 Å². The van der Waals surface area contributed by atoms with Crippen molar-refractivity contribution in [2.75, 3.05) is 19.6 Å². The van der Waals surface area contributed by atoms with Crippen LogP contribution in [0.3, 0.4) is 0 Å². The van der Waals surface area contributed by atoms with Crippen LogP contribution in [0.25, 0.3) is 0 Å². The molecule has 0 aromatic carbocycles. The molecule has 2 heterocycles. The molecular formula is C12H21N3O3S. The standard InChI is InChI=1S/C12H21N3O3S/c1-9-12(10(2)18-14-9)5-8-15-6-3-11(4-7-15)19(13,16)17/h11H,3-8H2,1-2H3,(H2,13,16,17). The molecule has 1 aliphatic heterocycles. The summed E-state index contributed by atoms with van der Waals surface area (Å²) in [7, 11) is -3.37. The molecular weight excluding hydrogens is 266 g/mol. The van der Waals surface area contributed by atoms with E-state index in [1.807, 2.05) is 13.8 Å². The lowest BCUT2D eigenvalue weighted by molar-refractivity contribution is 0.232. The maximum absolute atomic E-state index is 11.3.